The lowest BCUT2D eigenvalue weighted by molar-refractivity contribution is -0.137. The second kappa shape index (κ2) is 23.7. The van der Waals surface area contributed by atoms with Crippen molar-refractivity contribution in [3.05, 3.63) is 60.2 Å². The number of benzene rings is 1. The Balaban J connectivity index is 0.733. The summed E-state index contributed by atoms with van der Waals surface area (Å²) < 4.78 is 52.4. The molecule has 20 heteroatoms. The van der Waals surface area contributed by atoms with E-state index in [-0.39, 0.29) is 71.3 Å². The van der Waals surface area contributed by atoms with Crippen molar-refractivity contribution in [2.75, 3.05) is 91.7 Å². The molecule has 6 heterocycles. The second-order valence-electron chi connectivity index (χ2n) is 20.3. The summed E-state index contributed by atoms with van der Waals surface area (Å²) in [6.07, 6.45) is 6.79. The molecule has 5 fully saturated rings. The number of amides is 4. The van der Waals surface area contributed by atoms with Gasteiger partial charge in [0.2, 0.25) is 23.6 Å². The Morgan fingerprint density at radius 1 is 0.901 bits per heavy atom. The van der Waals surface area contributed by atoms with Crippen molar-refractivity contribution in [1.29, 1.82) is 0 Å². The van der Waals surface area contributed by atoms with Gasteiger partial charge >= 0.3 is 6.18 Å². The lowest BCUT2D eigenvalue weighted by Gasteiger charge is -2.45. The number of anilines is 1. The lowest BCUT2D eigenvalue weighted by atomic mass is 9.83. The standard InChI is InChI=1S/C51H72F3N11O6/c1-33(2)61(3)38-8-10-44(65-22-15-42(50(65)69)59-47-39-28-36(51(52,53)54)7-9-41(39)57-32-58-47)43(29-38)60-48(67)34-11-20-64(21-12-34)37-13-18-63(19-14-37)23-25-71-27-26-70-24-17-56-49(68)40-30-45(66)62(4)46(40)35-6-5-16-55-31-35/h5-7,9,16,28,31-34,37-38,40,42-44,46H,8,10-15,17-27,29-30H2,1-4H3,(H,56,68)(H,60,67)(H,57,58,59)/t38-,40+,42+,43-,44+,46-/m1/s1. The molecule has 0 bridgehead atoms. The zero-order valence-electron chi connectivity index (χ0n) is 41.6. The Labute approximate surface area is 414 Å². The van der Waals surface area contributed by atoms with E-state index in [0.717, 1.165) is 95.4 Å². The highest BCUT2D eigenvalue weighted by Gasteiger charge is 2.45. The van der Waals surface area contributed by atoms with E-state index in [2.05, 4.69) is 66.5 Å². The maximum Gasteiger partial charge on any atom is 0.416 e. The average molecular weight is 992 g/mol. The molecule has 1 aromatic carbocycles. The summed E-state index contributed by atoms with van der Waals surface area (Å²) in [5, 5.41) is 9.74. The van der Waals surface area contributed by atoms with Crippen molar-refractivity contribution in [3.8, 4) is 0 Å². The average Bonchev–Trinajstić information content (AvgIpc) is 3.89. The van der Waals surface area contributed by atoms with Crippen LogP contribution < -0.4 is 16.0 Å². The third-order valence-corrected chi connectivity index (χ3v) is 15.8. The molecule has 1 aliphatic carbocycles. The SMILES string of the molecule is CC(C)N(C)[C@@H]1CC[C@H](N2CC[C@H](Nc3ncnc4ccc(C(F)(F)F)cc34)C2=O)[C@H](NC(=O)C2CCN(C3CCN(CCOCCOCCNC(=O)[C@H]4CC(=O)N(C)[C@@H]4c4cccnc4)CC3)CC2)C1. The molecule has 2 aromatic heterocycles. The molecular weight excluding hydrogens is 920 g/mol. The number of rotatable bonds is 19. The summed E-state index contributed by atoms with van der Waals surface area (Å²) in [5.41, 5.74) is 0.389. The molecular formula is C51H72F3N11O6. The van der Waals surface area contributed by atoms with Gasteiger partial charge in [-0.25, -0.2) is 9.97 Å². The smallest absolute Gasteiger partial charge is 0.378 e. The van der Waals surface area contributed by atoms with E-state index in [1.807, 2.05) is 17.0 Å². The van der Waals surface area contributed by atoms with E-state index in [1.165, 1.54) is 12.4 Å². The van der Waals surface area contributed by atoms with Gasteiger partial charge in [0.25, 0.3) is 0 Å². The maximum atomic E-state index is 14.1. The van der Waals surface area contributed by atoms with E-state index in [9.17, 15) is 32.3 Å². The number of piperidine rings is 2. The minimum Gasteiger partial charge on any atom is -0.378 e. The summed E-state index contributed by atoms with van der Waals surface area (Å²) in [6, 6.07) is 6.65. The highest BCUT2D eigenvalue weighted by atomic mass is 19.4. The number of hydrogen-bond acceptors (Lipinski definition) is 13. The first-order valence-corrected chi connectivity index (χ1v) is 25.6. The van der Waals surface area contributed by atoms with Crippen molar-refractivity contribution >= 4 is 40.3 Å². The highest BCUT2D eigenvalue weighted by molar-refractivity contribution is 5.93. The number of alkyl halides is 3. The number of nitrogens with zero attached hydrogens (tertiary/aromatic N) is 8. The van der Waals surface area contributed by atoms with Gasteiger partial charge in [-0.15, -0.1) is 0 Å². The molecule has 0 radical (unpaired) electrons. The van der Waals surface area contributed by atoms with Gasteiger partial charge in [0.05, 0.1) is 61.6 Å². The van der Waals surface area contributed by atoms with Crippen LogP contribution in [0.3, 0.4) is 0 Å². The van der Waals surface area contributed by atoms with Crippen LogP contribution in [-0.2, 0) is 34.8 Å². The number of carbonyl (C=O) groups excluding carboxylic acids is 4. The van der Waals surface area contributed by atoms with E-state index in [0.29, 0.717) is 63.5 Å². The number of likely N-dealkylation sites (tertiary alicyclic amines) is 4. The zero-order chi connectivity index (χ0) is 50.2. The molecule has 4 aliphatic heterocycles. The molecule has 0 spiro atoms. The van der Waals surface area contributed by atoms with E-state index in [1.54, 1.807) is 24.3 Å². The molecule has 388 valence electrons. The molecule has 3 N–H and O–H groups in total. The van der Waals surface area contributed by atoms with Crippen LogP contribution in [-0.4, -0.2) is 186 Å². The molecule has 71 heavy (non-hydrogen) atoms. The summed E-state index contributed by atoms with van der Waals surface area (Å²) in [5.74, 6) is -0.704. The maximum absolute atomic E-state index is 14.1. The van der Waals surface area contributed by atoms with Gasteiger partial charge in [-0.2, -0.15) is 13.2 Å². The third-order valence-electron chi connectivity index (χ3n) is 15.8. The number of hydrogen-bond donors (Lipinski definition) is 3. The summed E-state index contributed by atoms with van der Waals surface area (Å²) in [4.78, 5) is 77.0. The van der Waals surface area contributed by atoms with Gasteiger partial charge in [-0.05, 0) is 128 Å². The Morgan fingerprint density at radius 3 is 2.38 bits per heavy atom. The van der Waals surface area contributed by atoms with Gasteiger partial charge in [0, 0.05) is 74.9 Å². The van der Waals surface area contributed by atoms with Gasteiger partial charge < -0.3 is 49.9 Å². The molecule has 1 saturated carbocycles. The number of fused-ring (bicyclic) bond motifs is 1. The molecule has 3 aromatic rings. The summed E-state index contributed by atoms with van der Waals surface area (Å²) in [7, 11) is 3.84. The first kappa shape index (κ1) is 52.3. The first-order valence-electron chi connectivity index (χ1n) is 25.6. The second-order valence-corrected chi connectivity index (χ2v) is 20.3. The Kier molecular flexibility index (Phi) is 17.4. The number of carbonyl (C=O) groups is 4. The van der Waals surface area contributed by atoms with Crippen molar-refractivity contribution in [2.45, 2.75) is 120 Å². The lowest BCUT2D eigenvalue weighted by Crippen LogP contribution is -2.59. The fourth-order valence-corrected chi connectivity index (χ4v) is 11.5. The van der Waals surface area contributed by atoms with E-state index >= 15 is 0 Å². The predicted octanol–water partition coefficient (Wildman–Crippen LogP) is 4.35. The van der Waals surface area contributed by atoms with Crippen LogP contribution in [0.2, 0.25) is 0 Å². The molecule has 4 amide bonds. The number of halogens is 3. The van der Waals surface area contributed by atoms with Crippen molar-refractivity contribution in [1.82, 2.24) is 50.1 Å². The zero-order valence-corrected chi connectivity index (χ0v) is 41.6. The first-order chi connectivity index (χ1) is 34.2. The molecule has 4 saturated heterocycles. The number of nitrogens with one attached hydrogen (secondary N) is 3. The van der Waals surface area contributed by atoms with E-state index in [4.69, 9.17) is 9.47 Å². The van der Waals surface area contributed by atoms with Gasteiger partial charge in [0.1, 0.15) is 18.2 Å². The van der Waals surface area contributed by atoms with Crippen LogP contribution in [0.25, 0.3) is 10.9 Å². The summed E-state index contributed by atoms with van der Waals surface area (Å²) >= 11 is 0. The monoisotopic (exact) mass is 992 g/mol. The molecule has 6 atom stereocenters. The molecule has 0 unspecified atom stereocenters. The Bertz CT molecular complexity index is 2280. The minimum absolute atomic E-state index is 0.0512. The fourth-order valence-electron chi connectivity index (χ4n) is 11.5. The fraction of sp³-hybridized carbons (Fsp3) is 0.667. The Morgan fingerprint density at radius 2 is 1.66 bits per heavy atom. The molecule has 5 aliphatic rings. The van der Waals surface area contributed by atoms with Crippen LogP contribution in [0.1, 0.15) is 88.8 Å². The van der Waals surface area contributed by atoms with Crippen molar-refractivity contribution < 1.29 is 41.8 Å². The predicted molar refractivity (Wildman–Crippen MR) is 261 cm³/mol. The van der Waals surface area contributed by atoms with Gasteiger partial charge in [-0.1, -0.05) is 6.07 Å². The number of aromatic nitrogens is 3. The highest BCUT2D eigenvalue weighted by Crippen LogP contribution is 2.38. The molecule has 17 nitrogen and oxygen atoms in total. The Hall–Kier alpha value is -5.02. The van der Waals surface area contributed by atoms with Crippen LogP contribution in [0.4, 0.5) is 19.0 Å². The number of ether oxygens (including phenoxy) is 2. The normalized spacial score (nSPS) is 25.5. The van der Waals surface area contributed by atoms with Crippen LogP contribution in [0.15, 0.2) is 49.1 Å². The van der Waals surface area contributed by atoms with Crippen molar-refractivity contribution in [3.63, 3.8) is 0 Å². The topological polar surface area (TPSA) is 178 Å². The molecule has 8 rings (SSSR count). The minimum atomic E-state index is -4.53. The number of pyridine rings is 1. The van der Waals surface area contributed by atoms with Gasteiger partial charge in [-0.3, -0.25) is 24.2 Å². The van der Waals surface area contributed by atoms with E-state index < -0.39 is 23.7 Å². The van der Waals surface area contributed by atoms with Crippen molar-refractivity contribution in [2.24, 2.45) is 11.8 Å². The summed E-state index contributed by atoms with van der Waals surface area (Å²) in [6.45, 7) is 11.6. The van der Waals surface area contributed by atoms with Crippen LogP contribution >= 0.6 is 0 Å². The third kappa shape index (κ3) is 12.8. The van der Waals surface area contributed by atoms with Gasteiger partial charge in [0.15, 0.2) is 0 Å². The quantitative estimate of drug-likeness (QED) is 0.145. The van der Waals surface area contributed by atoms with Crippen LogP contribution in [0, 0.1) is 11.8 Å². The largest absolute Gasteiger partial charge is 0.416 e. The van der Waals surface area contributed by atoms with Crippen LogP contribution in [0.5, 0.6) is 0 Å².